The van der Waals surface area contributed by atoms with Crippen molar-refractivity contribution >= 4 is 5.91 Å². The smallest absolute Gasteiger partial charge is 0.251 e. The van der Waals surface area contributed by atoms with Crippen molar-refractivity contribution in [3.05, 3.63) is 24.2 Å². The van der Waals surface area contributed by atoms with Crippen molar-refractivity contribution in [2.24, 2.45) is 17.8 Å². The van der Waals surface area contributed by atoms with Crippen molar-refractivity contribution in [2.75, 3.05) is 39.5 Å². The molecular weight excluding hydrogens is 284 g/mol. The molecule has 1 amide bonds. The average Bonchev–Trinajstić information content (AvgIpc) is 3.27. The Morgan fingerprint density at radius 1 is 1.32 bits per heavy atom. The minimum atomic E-state index is -0.0637. The SMILES string of the molecule is O=C([C@@H]1COC[C@H]2CN(Cc3ccoc3)C[C@H]21)N1CCCO1. The third-order valence-electron chi connectivity index (χ3n) is 5.02. The summed E-state index contributed by atoms with van der Waals surface area (Å²) >= 11 is 0. The molecule has 0 aromatic carbocycles. The third-order valence-corrected chi connectivity index (χ3v) is 5.02. The highest BCUT2D eigenvalue weighted by Crippen LogP contribution is 2.36. The van der Waals surface area contributed by atoms with Crippen molar-refractivity contribution in [3.63, 3.8) is 0 Å². The van der Waals surface area contributed by atoms with Crippen molar-refractivity contribution in [3.8, 4) is 0 Å². The molecule has 0 radical (unpaired) electrons. The quantitative estimate of drug-likeness (QED) is 0.838. The molecule has 1 aromatic rings. The first-order valence-electron chi connectivity index (χ1n) is 8.07. The molecule has 120 valence electrons. The highest BCUT2D eigenvalue weighted by atomic mass is 16.7. The maximum Gasteiger partial charge on any atom is 0.251 e. The minimum absolute atomic E-state index is 0.0637. The standard InChI is InChI=1S/C16H22N2O4/c19-16(18-3-1-4-22-18)15-11-21-10-13-7-17(8-14(13)15)6-12-2-5-20-9-12/h2,5,9,13-15H,1,3-4,6-8,10-11H2/t13-,14-,15-/m1/s1. The van der Waals surface area contributed by atoms with Crippen LogP contribution in [-0.4, -0.2) is 55.3 Å². The summed E-state index contributed by atoms with van der Waals surface area (Å²) in [6, 6.07) is 2.00. The zero-order chi connectivity index (χ0) is 14.9. The van der Waals surface area contributed by atoms with Gasteiger partial charge in [0, 0.05) is 25.2 Å². The zero-order valence-electron chi connectivity index (χ0n) is 12.6. The lowest BCUT2D eigenvalue weighted by atomic mass is 9.82. The number of nitrogens with zero attached hydrogens (tertiary/aromatic N) is 2. The Hall–Kier alpha value is -1.37. The van der Waals surface area contributed by atoms with Crippen LogP contribution in [0.3, 0.4) is 0 Å². The van der Waals surface area contributed by atoms with Crippen LogP contribution in [0.5, 0.6) is 0 Å². The molecule has 3 saturated heterocycles. The van der Waals surface area contributed by atoms with Crippen LogP contribution in [0.25, 0.3) is 0 Å². The first-order chi connectivity index (χ1) is 10.8. The number of ether oxygens (including phenoxy) is 1. The molecular formula is C16H22N2O4. The van der Waals surface area contributed by atoms with Crippen molar-refractivity contribution in [1.29, 1.82) is 0 Å². The van der Waals surface area contributed by atoms with Gasteiger partial charge in [-0.3, -0.25) is 14.5 Å². The molecule has 1 aromatic heterocycles. The van der Waals surface area contributed by atoms with Crippen LogP contribution >= 0.6 is 0 Å². The molecule has 0 unspecified atom stereocenters. The number of carbonyl (C=O) groups is 1. The highest BCUT2D eigenvalue weighted by molar-refractivity contribution is 5.78. The van der Waals surface area contributed by atoms with Crippen LogP contribution in [0.15, 0.2) is 23.0 Å². The molecule has 0 spiro atoms. The Kier molecular flexibility index (Phi) is 3.90. The molecule has 3 aliphatic rings. The maximum absolute atomic E-state index is 12.7. The fourth-order valence-corrected chi connectivity index (χ4v) is 3.92. The molecule has 6 heteroatoms. The van der Waals surface area contributed by atoms with E-state index in [1.165, 1.54) is 5.56 Å². The Morgan fingerprint density at radius 2 is 2.27 bits per heavy atom. The summed E-state index contributed by atoms with van der Waals surface area (Å²) < 4.78 is 10.9. The molecule has 3 atom stereocenters. The summed E-state index contributed by atoms with van der Waals surface area (Å²) in [7, 11) is 0. The number of rotatable bonds is 3. The van der Waals surface area contributed by atoms with E-state index in [4.69, 9.17) is 14.0 Å². The monoisotopic (exact) mass is 306 g/mol. The molecule has 3 fully saturated rings. The van der Waals surface area contributed by atoms with E-state index >= 15 is 0 Å². The number of likely N-dealkylation sites (tertiary alicyclic amines) is 1. The number of hydrogen-bond donors (Lipinski definition) is 0. The first kappa shape index (κ1) is 14.2. The van der Waals surface area contributed by atoms with E-state index in [0.29, 0.717) is 31.6 Å². The lowest BCUT2D eigenvalue weighted by molar-refractivity contribution is -0.181. The van der Waals surface area contributed by atoms with Crippen LogP contribution < -0.4 is 0 Å². The third kappa shape index (κ3) is 2.66. The molecule has 6 nitrogen and oxygen atoms in total. The van der Waals surface area contributed by atoms with E-state index in [0.717, 1.165) is 32.7 Å². The van der Waals surface area contributed by atoms with E-state index < -0.39 is 0 Å². The largest absolute Gasteiger partial charge is 0.472 e. The fourth-order valence-electron chi connectivity index (χ4n) is 3.92. The van der Waals surface area contributed by atoms with Gasteiger partial charge < -0.3 is 9.15 Å². The summed E-state index contributed by atoms with van der Waals surface area (Å²) in [5.74, 6) is 0.859. The van der Waals surface area contributed by atoms with Crippen LogP contribution in [0.1, 0.15) is 12.0 Å². The Morgan fingerprint density at radius 3 is 3.05 bits per heavy atom. The summed E-state index contributed by atoms with van der Waals surface area (Å²) in [4.78, 5) is 20.5. The second-order valence-corrected chi connectivity index (χ2v) is 6.52. The summed E-state index contributed by atoms with van der Waals surface area (Å²) in [6.07, 6.45) is 4.43. The van der Waals surface area contributed by atoms with Crippen molar-refractivity contribution in [1.82, 2.24) is 9.96 Å². The molecule has 4 heterocycles. The Balaban J connectivity index is 1.43. The fraction of sp³-hybridized carbons (Fsp3) is 0.688. The maximum atomic E-state index is 12.7. The van der Waals surface area contributed by atoms with Gasteiger partial charge in [0.1, 0.15) is 0 Å². The number of fused-ring (bicyclic) bond motifs is 1. The number of hydrogen-bond acceptors (Lipinski definition) is 5. The van der Waals surface area contributed by atoms with E-state index in [2.05, 4.69) is 4.90 Å². The number of hydroxylamine groups is 2. The molecule has 4 rings (SSSR count). The van der Waals surface area contributed by atoms with Gasteiger partial charge in [-0.1, -0.05) is 0 Å². The molecule has 0 bridgehead atoms. The van der Waals surface area contributed by atoms with E-state index in [1.54, 1.807) is 17.6 Å². The average molecular weight is 306 g/mol. The summed E-state index contributed by atoms with van der Waals surface area (Å²) in [5.41, 5.74) is 1.19. The van der Waals surface area contributed by atoms with E-state index in [1.807, 2.05) is 6.07 Å². The molecule has 0 aliphatic carbocycles. The van der Waals surface area contributed by atoms with Crippen molar-refractivity contribution in [2.45, 2.75) is 13.0 Å². The van der Waals surface area contributed by atoms with Crippen molar-refractivity contribution < 1.29 is 18.8 Å². The Labute approximate surface area is 129 Å². The number of amides is 1. The van der Waals surface area contributed by atoms with E-state index in [9.17, 15) is 4.79 Å². The zero-order valence-corrected chi connectivity index (χ0v) is 12.6. The first-order valence-corrected chi connectivity index (χ1v) is 8.07. The van der Waals surface area contributed by atoms with Gasteiger partial charge in [0.05, 0.1) is 44.8 Å². The van der Waals surface area contributed by atoms with Gasteiger partial charge in [0.2, 0.25) is 0 Å². The second-order valence-electron chi connectivity index (χ2n) is 6.52. The van der Waals surface area contributed by atoms with Gasteiger partial charge in [-0.15, -0.1) is 0 Å². The van der Waals surface area contributed by atoms with Gasteiger partial charge in [-0.25, -0.2) is 5.06 Å². The normalized spacial score (nSPS) is 32.4. The predicted molar refractivity (Wildman–Crippen MR) is 77.6 cm³/mol. The molecule has 22 heavy (non-hydrogen) atoms. The highest BCUT2D eigenvalue weighted by Gasteiger charge is 2.45. The minimum Gasteiger partial charge on any atom is -0.472 e. The van der Waals surface area contributed by atoms with Crippen LogP contribution in [0, 0.1) is 17.8 Å². The molecule has 0 saturated carbocycles. The Bertz CT molecular complexity index is 512. The van der Waals surface area contributed by atoms with Gasteiger partial charge in [-0.05, 0) is 24.3 Å². The molecule has 3 aliphatic heterocycles. The number of furan rings is 1. The van der Waals surface area contributed by atoms with Gasteiger partial charge >= 0.3 is 0 Å². The topological polar surface area (TPSA) is 55.2 Å². The van der Waals surface area contributed by atoms with Gasteiger partial charge in [-0.2, -0.15) is 0 Å². The van der Waals surface area contributed by atoms with E-state index in [-0.39, 0.29) is 11.8 Å². The lowest BCUT2D eigenvalue weighted by Gasteiger charge is -2.33. The van der Waals surface area contributed by atoms with Gasteiger partial charge in [0.25, 0.3) is 5.91 Å². The number of carbonyl (C=O) groups excluding carboxylic acids is 1. The molecule has 0 N–H and O–H groups in total. The van der Waals surface area contributed by atoms with Crippen LogP contribution in [-0.2, 0) is 20.9 Å². The predicted octanol–water partition coefficient (Wildman–Crippen LogP) is 1.14. The summed E-state index contributed by atoms with van der Waals surface area (Å²) in [5, 5.41) is 1.55. The van der Waals surface area contributed by atoms with Crippen LogP contribution in [0.2, 0.25) is 0 Å². The lowest BCUT2D eigenvalue weighted by Crippen LogP contribution is -2.45. The van der Waals surface area contributed by atoms with Crippen LogP contribution in [0.4, 0.5) is 0 Å². The van der Waals surface area contributed by atoms with Gasteiger partial charge in [0.15, 0.2) is 0 Å². The second kappa shape index (κ2) is 6.02. The summed E-state index contributed by atoms with van der Waals surface area (Å²) in [6.45, 7) is 5.47.